The zero-order chi connectivity index (χ0) is 13.1. The van der Waals surface area contributed by atoms with Crippen LogP contribution in [0, 0.1) is 0 Å². The van der Waals surface area contributed by atoms with Crippen LogP contribution in [0.25, 0.3) is 0 Å². The summed E-state index contributed by atoms with van der Waals surface area (Å²) < 4.78 is 0.900. The maximum absolute atomic E-state index is 6.01. The summed E-state index contributed by atoms with van der Waals surface area (Å²) in [6.07, 6.45) is 0.539. The Balaban J connectivity index is 2.22. The first-order valence-corrected chi connectivity index (χ1v) is 6.40. The van der Waals surface area contributed by atoms with E-state index in [1.807, 2.05) is 18.2 Å². The van der Waals surface area contributed by atoms with Crippen molar-refractivity contribution in [3.8, 4) is 0 Å². The Morgan fingerprint density at radius 3 is 2.83 bits per heavy atom. The molecule has 0 aliphatic heterocycles. The van der Waals surface area contributed by atoms with Gasteiger partial charge >= 0.3 is 0 Å². The Labute approximate surface area is 118 Å². The van der Waals surface area contributed by atoms with Crippen molar-refractivity contribution in [2.45, 2.75) is 12.5 Å². The van der Waals surface area contributed by atoms with E-state index in [1.165, 1.54) is 4.80 Å². The van der Waals surface area contributed by atoms with Crippen LogP contribution in [0.4, 0.5) is 0 Å². The van der Waals surface area contributed by atoms with E-state index in [4.69, 9.17) is 17.4 Å². The molecular weight excluding hydrogens is 320 g/mol. The highest BCUT2D eigenvalue weighted by Crippen LogP contribution is 2.24. The topological polar surface area (TPSA) is 81.7 Å². The van der Waals surface area contributed by atoms with Crippen LogP contribution in [-0.2, 0) is 13.5 Å². The summed E-state index contributed by atoms with van der Waals surface area (Å²) in [5, 5.41) is 12.5. The fourth-order valence-electron chi connectivity index (χ4n) is 1.64. The van der Waals surface area contributed by atoms with Crippen molar-refractivity contribution >= 4 is 27.5 Å². The Hall–Kier alpha value is -1.02. The lowest BCUT2D eigenvalue weighted by Crippen LogP contribution is -2.30. The van der Waals surface area contributed by atoms with Gasteiger partial charge < -0.3 is 0 Å². The van der Waals surface area contributed by atoms with E-state index in [-0.39, 0.29) is 6.04 Å². The molecule has 0 saturated carbocycles. The average Bonchev–Trinajstić information content (AvgIpc) is 2.70. The van der Waals surface area contributed by atoms with Crippen molar-refractivity contribution < 1.29 is 0 Å². The van der Waals surface area contributed by atoms with Crippen molar-refractivity contribution in [3.05, 3.63) is 39.1 Å². The number of rotatable bonds is 4. The molecule has 1 aromatic heterocycles. The summed E-state index contributed by atoms with van der Waals surface area (Å²) in [5.41, 5.74) is 3.70. The van der Waals surface area contributed by atoms with Crippen LogP contribution in [0.3, 0.4) is 0 Å². The van der Waals surface area contributed by atoms with Crippen LogP contribution in [0.1, 0.15) is 17.4 Å². The molecule has 8 heteroatoms. The number of tetrazole rings is 1. The highest BCUT2D eigenvalue weighted by Gasteiger charge is 2.15. The number of halogens is 2. The number of aryl methyl sites for hydroxylation is 1. The number of nitrogens with one attached hydrogen (secondary N) is 1. The summed E-state index contributed by atoms with van der Waals surface area (Å²) in [6, 6.07) is 5.50. The predicted molar refractivity (Wildman–Crippen MR) is 71.7 cm³/mol. The third-order valence-electron chi connectivity index (χ3n) is 2.42. The van der Waals surface area contributed by atoms with Gasteiger partial charge in [-0.2, -0.15) is 4.80 Å². The molecule has 0 amide bonds. The molecular formula is C10H12BrClN6. The van der Waals surface area contributed by atoms with E-state index in [1.54, 1.807) is 7.05 Å². The molecule has 0 fully saturated rings. The molecule has 0 saturated heterocycles. The van der Waals surface area contributed by atoms with Crippen LogP contribution in [0.15, 0.2) is 22.7 Å². The standard InChI is InChI=1S/C10H12BrClN6/c1-18-16-10(15-17-18)5-9(14-13)6-2-7(11)4-8(12)3-6/h2-4,9,14H,5,13H2,1H3. The molecule has 96 valence electrons. The third-order valence-corrected chi connectivity index (χ3v) is 3.10. The summed E-state index contributed by atoms with van der Waals surface area (Å²) in [6.45, 7) is 0. The Morgan fingerprint density at radius 1 is 1.50 bits per heavy atom. The van der Waals surface area contributed by atoms with Gasteiger partial charge in [-0.15, -0.1) is 10.2 Å². The number of aromatic nitrogens is 4. The van der Waals surface area contributed by atoms with Gasteiger partial charge in [-0.25, -0.2) is 0 Å². The van der Waals surface area contributed by atoms with Gasteiger partial charge in [0.15, 0.2) is 5.82 Å². The van der Waals surface area contributed by atoms with Crippen molar-refractivity contribution in [1.82, 2.24) is 25.6 Å². The zero-order valence-electron chi connectivity index (χ0n) is 9.64. The molecule has 0 aliphatic rings. The Kier molecular flexibility index (Phi) is 4.28. The molecule has 0 spiro atoms. The van der Waals surface area contributed by atoms with Gasteiger partial charge in [-0.05, 0) is 29.0 Å². The molecule has 1 unspecified atom stereocenters. The molecule has 18 heavy (non-hydrogen) atoms. The monoisotopic (exact) mass is 330 g/mol. The lowest BCUT2D eigenvalue weighted by atomic mass is 10.0. The molecule has 1 aromatic carbocycles. The van der Waals surface area contributed by atoms with Crippen LogP contribution in [0.5, 0.6) is 0 Å². The van der Waals surface area contributed by atoms with E-state index in [2.05, 4.69) is 36.8 Å². The first kappa shape index (κ1) is 13.4. The predicted octanol–water partition coefficient (Wildman–Crippen LogP) is 1.37. The second kappa shape index (κ2) is 5.75. The van der Waals surface area contributed by atoms with E-state index >= 15 is 0 Å². The van der Waals surface area contributed by atoms with E-state index < -0.39 is 0 Å². The fourth-order valence-corrected chi connectivity index (χ4v) is 2.52. The summed E-state index contributed by atoms with van der Waals surface area (Å²) >= 11 is 9.41. The van der Waals surface area contributed by atoms with Crippen LogP contribution >= 0.6 is 27.5 Å². The molecule has 0 bridgehead atoms. The molecule has 1 heterocycles. The molecule has 6 nitrogen and oxygen atoms in total. The van der Waals surface area contributed by atoms with Gasteiger partial charge in [-0.3, -0.25) is 11.3 Å². The van der Waals surface area contributed by atoms with E-state index in [0.717, 1.165) is 10.0 Å². The highest BCUT2D eigenvalue weighted by atomic mass is 79.9. The maximum atomic E-state index is 6.01. The molecule has 2 aromatic rings. The van der Waals surface area contributed by atoms with E-state index in [9.17, 15) is 0 Å². The van der Waals surface area contributed by atoms with Crippen molar-refractivity contribution in [2.24, 2.45) is 12.9 Å². The second-order valence-corrected chi connectivity index (χ2v) is 5.17. The zero-order valence-corrected chi connectivity index (χ0v) is 12.0. The molecule has 2 rings (SSSR count). The quantitative estimate of drug-likeness (QED) is 0.653. The average molecular weight is 332 g/mol. The van der Waals surface area contributed by atoms with Crippen molar-refractivity contribution in [2.75, 3.05) is 0 Å². The van der Waals surface area contributed by atoms with Crippen molar-refractivity contribution in [1.29, 1.82) is 0 Å². The van der Waals surface area contributed by atoms with Crippen LogP contribution < -0.4 is 11.3 Å². The minimum Gasteiger partial charge on any atom is -0.271 e. The molecule has 0 radical (unpaired) electrons. The molecule has 1 atom stereocenters. The van der Waals surface area contributed by atoms with Crippen LogP contribution in [-0.4, -0.2) is 20.2 Å². The number of hydrogen-bond donors (Lipinski definition) is 2. The largest absolute Gasteiger partial charge is 0.271 e. The lowest BCUT2D eigenvalue weighted by Gasteiger charge is -2.15. The first-order valence-electron chi connectivity index (χ1n) is 5.23. The highest BCUT2D eigenvalue weighted by molar-refractivity contribution is 9.10. The number of nitrogens with zero attached hydrogens (tertiary/aromatic N) is 4. The first-order chi connectivity index (χ1) is 8.58. The minimum absolute atomic E-state index is 0.121. The van der Waals surface area contributed by atoms with Gasteiger partial charge in [0.25, 0.3) is 0 Å². The maximum Gasteiger partial charge on any atom is 0.176 e. The normalized spacial score (nSPS) is 12.7. The molecule has 0 aliphatic carbocycles. The van der Waals surface area contributed by atoms with Gasteiger partial charge in [0, 0.05) is 15.9 Å². The number of hydrazine groups is 1. The Bertz CT molecular complexity index is 523. The third kappa shape index (κ3) is 3.26. The van der Waals surface area contributed by atoms with Gasteiger partial charge in [0.2, 0.25) is 0 Å². The number of hydrogen-bond acceptors (Lipinski definition) is 5. The fraction of sp³-hybridized carbons (Fsp3) is 0.300. The SMILES string of the molecule is Cn1nnc(CC(NN)c2cc(Cl)cc(Br)c2)n1. The minimum atomic E-state index is -0.121. The lowest BCUT2D eigenvalue weighted by molar-refractivity contribution is 0.536. The van der Waals surface area contributed by atoms with Gasteiger partial charge in [-0.1, -0.05) is 27.5 Å². The smallest absolute Gasteiger partial charge is 0.176 e. The summed E-state index contributed by atoms with van der Waals surface area (Å²) in [7, 11) is 1.72. The summed E-state index contributed by atoms with van der Waals surface area (Å²) in [5.74, 6) is 6.19. The van der Waals surface area contributed by atoms with Gasteiger partial charge in [0.1, 0.15) is 0 Å². The van der Waals surface area contributed by atoms with Crippen LogP contribution in [0.2, 0.25) is 5.02 Å². The number of nitrogens with two attached hydrogens (primary N) is 1. The summed E-state index contributed by atoms with van der Waals surface area (Å²) in [4.78, 5) is 1.41. The van der Waals surface area contributed by atoms with Crippen molar-refractivity contribution in [3.63, 3.8) is 0 Å². The number of benzene rings is 1. The molecule has 3 N–H and O–H groups in total. The second-order valence-electron chi connectivity index (χ2n) is 3.82. The Morgan fingerprint density at radius 2 is 2.28 bits per heavy atom. The van der Waals surface area contributed by atoms with Gasteiger partial charge in [0.05, 0.1) is 13.1 Å². The van der Waals surface area contributed by atoms with E-state index in [0.29, 0.717) is 17.3 Å².